The van der Waals surface area contributed by atoms with Crippen molar-refractivity contribution in [3.8, 4) is 5.69 Å². The molecule has 0 radical (unpaired) electrons. The summed E-state index contributed by atoms with van der Waals surface area (Å²) >= 11 is 0. The van der Waals surface area contributed by atoms with Gasteiger partial charge in [-0.3, -0.25) is 0 Å². The largest absolute Gasteiger partial charge is 0.233 e. The Labute approximate surface area is 199 Å². The van der Waals surface area contributed by atoms with Crippen molar-refractivity contribution < 1.29 is 12.8 Å². The molecular weight excluding hydrogens is 449 g/mol. The third kappa shape index (κ3) is 4.50. The number of sulfonamides is 1. The number of hydrogen-bond acceptors (Lipinski definition) is 3. The van der Waals surface area contributed by atoms with E-state index in [-0.39, 0.29) is 22.4 Å². The minimum Gasteiger partial charge on any atom is -0.233 e. The third-order valence-electron chi connectivity index (χ3n) is 6.60. The lowest BCUT2D eigenvalue weighted by molar-refractivity contribution is 0.317. The molecule has 1 heterocycles. The van der Waals surface area contributed by atoms with Gasteiger partial charge in [0.25, 0.3) is 0 Å². The molecule has 1 aliphatic rings. The number of nitrogens with one attached hydrogen (secondary N) is 1. The van der Waals surface area contributed by atoms with Crippen molar-refractivity contribution in [1.82, 2.24) is 14.5 Å². The predicted molar refractivity (Wildman–Crippen MR) is 133 cm³/mol. The molecule has 34 heavy (non-hydrogen) atoms. The van der Waals surface area contributed by atoms with Crippen LogP contribution in [0.4, 0.5) is 4.39 Å². The highest BCUT2D eigenvalue weighted by atomic mass is 32.2. The fraction of sp³-hybridized carbons (Fsp3) is 0.296. The van der Waals surface area contributed by atoms with E-state index in [1.165, 1.54) is 12.1 Å². The van der Waals surface area contributed by atoms with E-state index in [9.17, 15) is 12.8 Å². The van der Waals surface area contributed by atoms with Crippen molar-refractivity contribution in [2.45, 2.75) is 37.9 Å². The molecule has 4 aromatic rings. The second-order valence-corrected chi connectivity index (χ2v) is 11.8. The quantitative estimate of drug-likeness (QED) is 0.369. The number of halogens is 1. The van der Waals surface area contributed by atoms with Crippen molar-refractivity contribution in [3.63, 3.8) is 0 Å². The smallest absolute Gasteiger partial charge is 0.214 e. The fourth-order valence-corrected chi connectivity index (χ4v) is 6.21. The Kier molecular flexibility index (Phi) is 5.78. The molecule has 3 aromatic carbocycles. The maximum Gasteiger partial charge on any atom is 0.214 e. The molecule has 1 atom stereocenters. The van der Waals surface area contributed by atoms with Gasteiger partial charge in [0.2, 0.25) is 10.0 Å². The van der Waals surface area contributed by atoms with Crippen LogP contribution >= 0.6 is 0 Å². The van der Waals surface area contributed by atoms with Crippen molar-refractivity contribution in [1.29, 1.82) is 0 Å². The lowest BCUT2D eigenvalue weighted by Gasteiger charge is -2.35. The van der Waals surface area contributed by atoms with E-state index in [1.807, 2.05) is 30.5 Å². The van der Waals surface area contributed by atoms with Crippen LogP contribution in [0.15, 0.2) is 79.0 Å². The van der Waals surface area contributed by atoms with Gasteiger partial charge >= 0.3 is 0 Å². The lowest BCUT2D eigenvalue weighted by Crippen LogP contribution is -2.39. The molecule has 0 aliphatic heterocycles. The van der Waals surface area contributed by atoms with E-state index < -0.39 is 10.0 Å². The molecule has 7 heteroatoms. The Morgan fingerprint density at radius 3 is 2.41 bits per heavy atom. The van der Waals surface area contributed by atoms with Gasteiger partial charge in [-0.2, -0.15) is 5.10 Å². The summed E-state index contributed by atoms with van der Waals surface area (Å²) in [4.78, 5) is 0. The summed E-state index contributed by atoms with van der Waals surface area (Å²) in [7, 11) is -3.27. The molecule has 0 spiro atoms. The second-order valence-electron chi connectivity index (χ2n) is 9.75. The van der Waals surface area contributed by atoms with Crippen molar-refractivity contribution in [3.05, 3.63) is 95.9 Å². The van der Waals surface area contributed by atoms with Crippen LogP contribution in [0.1, 0.15) is 43.7 Å². The maximum absolute atomic E-state index is 13.4. The van der Waals surface area contributed by atoms with Crippen molar-refractivity contribution >= 4 is 20.9 Å². The van der Waals surface area contributed by atoms with Gasteiger partial charge in [0.05, 0.1) is 22.7 Å². The van der Waals surface area contributed by atoms with Crippen LogP contribution < -0.4 is 4.72 Å². The van der Waals surface area contributed by atoms with Gasteiger partial charge < -0.3 is 0 Å². The van der Waals surface area contributed by atoms with Crippen LogP contribution in [-0.2, 0) is 10.0 Å². The van der Waals surface area contributed by atoms with Crippen LogP contribution in [0, 0.1) is 11.2 Å². The fourth-order valence-electron chi connectivity index (χ4n) is 4.64. The van der Waals surface area contributed by atoms with E-state index in [1.54, 1.807) is 16.8 Å². The number of fused-ring (bicyclic) bond motifs is 1. The lowest BCUT2D eigenvalue weighted by atomic mass is 9.71. The molecule has 176 valence electrons. The molecule has 0 saturated heterocycles. The Morgan fingerprint density at radius 2 is 1.74 bits per heavy atom. The number of nitrogens with zero attached hydrogens (tertiary/aromatic N) is 2. The normalized spacial score (nSPS) is 15.5. The summed E-state index contributed by atoms with van der Waals surface area (Å²) in [5.41, 5.74) is 3.55. The molecule has 0 amide bonds. The van der Waals surface area contributed by atoms with Crippen LogP contribution in [-0.4, -0.2) is 30.0 Å². The van der Waals surface area contributed by atoms with Crippen LogP contribution in [0.3, 0.4) is 0 Å². The van der Waals surface area contributed by atoms with E-state index in [4.69, 9.17) is 0 Å². The van der Waals surface area contributed by atoms with Crippen molar-refractivity contribution in [2.75, 3.05) is 6.54 Å². The molecule has 1 N–H and O–H groups in total. The number of benzene rings is 3. The Bertz CT molecular complexity index is 1410. The Morgan fingerprint density at radius 1 is 1.03 bits per heavy atom. The highest BCUT2D eigenvalue weighted by Crippen LogP contribution is 2.42. The van der Waals surface area contributed by atoms with Crippen LogP contribution in [0.5, 0.6) is 0 Å². The maximum atomic E-state index is 13.4. The van der Waals surface area contributed by atoms with E-state index in [0.717, 1.165) is 40.6 Å². The van der Waals surface area contributed by atoms with E-state index >= 15 is 0 Å². The Hall–Kier alpha value is -3.03. The summed E-state index contributed by atoms with van der Waals surface area (Å²) < 4.78 is 43.1. The Balaban J connectivity index is 1.52. The van der Waals surface area contributed by atoms with E-state index in [2.05, 4.69) is 47.9 Å². The first-order chi connectivity index (χ1) is 16.2. The molecule has 0 bridgehead atoms. The van der Waals surface area contributed by atoms with Gasteiger partial charge in [0, 0.05) is 17.8 Å². The molecule has 5 rings (SSSR count). The second kappa shape index (κ2) is 8.64. The molecule has 1 saturated carbocycles. The zero-order valence-corrected chi connectivity index (χ0v) is 20.1. The molecule has 1 unspecified atom stereocenters. The molecule has 1 aromatic heterocycles. The first-order valence-corrected chi connectivity index (χ1v) is 13.1. The van der Waals surface area contributed by atoms with Crippen LogP contribution in [0.25, 0.3) is 16.6 Å². The average molecular weight is 478 g/mol. The summed E-state index contributed by atoms with van der Waals surface area (Å²) in [6, 6.07) is 22.7. The van der Waals surface area contributed by atoms with Gasteiger partial charge in [-0.25, -0.2) is 22.2 Å². The SMILES string of the molecule is CC(C)(CNS(=O)(=O)C1CC1)C(c1ccccc1)c1ccc2c(cnn2-c2ccc(F)cc2)c1. The van der Waals surface area contributed by atoms with Gasteiger partial charge in [-0.15, -0.1) is 0 Å². The molecule has 1 fully saturated rings. The highest BCUT2D eigenvalue weighted by molar-refractivity contribution is 7.90. The monoisotopic (exact) mass is 477 g/mol. The topological polar surface area (TPSA) is 64.0 Å². The standard InChI is InChI=1S/C27H28FN3O2S/c1-27(2,18-30-34(32,33)24-13-14-24)26(19-6-4-3-5-7-19)20-8-15-25-21(16-20)17-29-31(25)23-11-9-22(28)10-12-23/h3-12,15-17,24,26,30H,13-14,18H2,1-2H3. The number of aromatic nitrogens is 2. The minimum absolute atomic E-state index is 0.0332. The average Bonchev–Trinajstić information content (AvgIpc) is 3.61. The third-order valence-corrected chi connectivity index (χ3v) is 8.50. The predicted octanol–water partition coefficient (Wildman–Crippen LogP) is 5.40. The van der Waals surface area contributed by atoms with Gasteiger partial charge in [0.15, 0.2) is 0 Å². The highest BCUT2D eigenvalue weighted by Gasteiger charge is 2.39. The summed E-state index contributed by atoms with van der Waals surface area (Å²) in [5.74, 6) is -0.318. The van der Waals surface area contributed by atoms with Gasteiger partial charge in [-0.05, 0) is 65.8 Å². The number of rotatable bonds is 8. The summed E-state index contributed by atoms with van der Waals surface area (Å²) in [6.45, 7) is 4.55. The summed E-state index contributed by atoms with van der Waals surface area (Å²) in [6.07, 6.45) is 3.30. The van der Waals surface area contributed by atoms with Gasteiger partial charge in [0.1, 0.15) is 5.82 Å². The molecular formula is C27H28FN3O2S. The first-order valence-electron chi connectivity index (χ1n) is 11.5. The van der Waals surface area contributed by atoms with Crippen molar-refractivity contribution in [2.24, 2.45) is 5.41 Å². The minimum atomic E-state index is -3.27. The number of hydrogen-bond donors (Lipinski definition) is 1. The molecule has 5 nitrogen and oxygen atoms in total. The zero-order chi connectivity index (χ0) is 23.9. The zero-order valence-electron chi connectivity index (χ0n) is 19.3. The summed E-state index contributed by atoms with van der Waals surface area (Å²) in [5, 5.41) is 5.25. The molecule has 1 aliphatic carbocycles. The first kappa shape index (κ1) is 22.7. The van der Waals surface area contributed by atoms with E-state index in [0.29, 0.717) is 6.54 Å². The van der Waals surface area contributed by atoms with Crippen LogP contribution in [0.2, 0.25) is 0 Å². The van der Waals surface area contributed by atoms with Gasteiger partial charge in [-0.1, -0.05) is 50.2 Å².